The van der Waals surface area contributed by atoms with Gasteiger partial charge in [-0.2, -0.15) is 0 Å². The summed E-state index contributed by atoms with van der Waals surface area (Å²) in [7, 11) is -3.13. The zero-order valence-corrected chi connectivity index (χ0v) is 13.8. The van der Waals surface area contributed by atoms with Gasteiger partial charge in [0.2, 0.25) is 0 Å². The number of hydrogen-bond acceptors (Lipinski definition) is 3. The maximum Gasteiger partial charge on any atom is 0.157 e. The maximum atomic E-state index is 12.6. The molecule has 0 saturated carbocycles. The number of benzene rings is 1. The molecule has 0 aliphatic heterocycles. The lowest BCUT2D eigenvalue weighted by atomic mass is 10.0. The minimum Gasteiger partial charge on any atom is -0.309 e. The summed E-state index contributed by atoms with van der Waals surface area (Å²) < 4.78 is 25.2. The van der Waals surface area contributed by atoms with Crippen molar-refractivity contribution in [3.63, 3.8) is 0 Å². The number of sulfone groups is 1. The third-order valence-corrected chi connectivity index (χ3v) is 6.66. The summed E-state index contributed by atoms with van der Waals surface area (Å²) in [6, 6.07) is 9.71. The van der Waals surface area contributed by atoms with Crippen molar-refractivity contribution in [2.75, 3.05) is 6.54 Å². The molecule has 4 heteroatoms. The average Bonchev–Trinajstić information content (AvgIpc) is 2.47. The van der Waals surface area contributed by atoms with E-state index in [4.69, 9.17) is 0 Å². The summed E-state index contributed by atoms with van der Waals surface area (Å²) in [5.41, 5.74) is 1.04. The highest BCUT2D eigenvalue weighted by atomic mass is 32.2. The molecule has 0 bridgehead atoms. The smallest absolute Gasteiger partial charge is 0.157 e. The van der Waals surface area contributed by atoms with Gasteiger partial charge in [0.15, 0.2) is 9.84 Å². The van der Waals surface area contributed by atoms with E-state index in [1.54, 1.807) is 6.92 Å². The van der Waals surface area contributed by atoms with Crippen LogP contribution in [0.3, 0.4) is 0 Å². The molecular formula is C16H27NO2S. The molecule has 1 aromatic carbocycles. The summed E-state index contributed by atoms with van der Waals surface area (Å²) in [4.78, 5) is 0. The molecule has 0 fully saturated rings. The monoisotopic (exact) mass is 297 g/mol. The molecule has 1 aromatic rings. The number of rotatable bonds is 8. The third kappa shape index (κ3) is 4.06. The van der Waals surface area contributed by atoms with Gasteiger partial charge in [-0.25, -0.2) is 8.42 Å². The molecule has 114 valence electrons. The lowest BCUT2D eigenvalue weighted by Gasteiger charge is -2.27. The number of nitrogens with one attached hydrogen (secondary N) is 1. The highest BCUT2D eigenvalue weighted by Crippen LogP contribution is 2.25. The van der Waals surface area contributed by atoms with Crippen LogP contribution in [0.25, 0.3) is 0 Å². The van der Waals surface area contributed by atoms with Crippen molar-refractivity contribution in [2.45, 2.75) is 57.1 Å². The second-order valence-electron chi connectivity index (χ2n) is 5.36. The Labute approximate surface area is 123 Å². The summed E-state index contributed by atoms with van der Waals surface area (Å²) in [5, 5.41) is 2.67. The molecule has 0 spiro atoms. The average molecular weight is 297 g/mol. The van der Waals surface area contributed by atoms with E-state index < -0.39 is 15.1 Å². The van der Waals surface area contributed by atoms with Crippen LogP contribution >= 0.6 is 0 Å². The highest BCUT2D eigenvalue weighted by molar-refractivity contribution is 7.92. The van der Waals surface area contributed by atoms with Crippen molar-refractivity contribution in [2.24, 2.45) is 0 Å². The van der Waals surface area contributed by atoms with Crippen LogP contribution in [0.15, 0.2) is 30.3 Å². The Morgan fingerprint density at radius 1 is 1.10 bits per heavy atom. The zero-order chi connectivity index (χ0) is 15.2. The van der Waals surface area contributed by atoms with Crippen molar-refractivity contribution in [3.8, 4) is 0 Å². The van der Waals surface area contributed by atoms with Gasteiger partial charge in [-0.05, 0) is 38.8 Å². The Balaban J connectivity index is 3.05. The fourth-order valence-corrected chi connectivity index (χ4v) is 4.13. The first kappa shape index (κ1) is 17.2. The summed E-state index contributed by atoms with van der Waals surface area (Å²) in [6.07, 6.45) is 1.64. The van der Waals surface area contributed by atoms with Crippen LogP contribution in [-0.2, 0) is 9.84 Å². The molecule has 0 radical (unpaired) electrons. The predicted molar refractivity (Wildman–Crippen MR) is 85.6 cm³/mol. The van der Waals surface area contributed by atoms with Gasteiger partial charge in [0.1, 0.15) is 0 Å². The molecular weight excluding hydrogens is 270 g/mol. The van der Waals surface area contributed by atoms with Crippen molar-refractivity contribution in [3.05, 3.63) is 35.9 Å². The molecule has 0 saturated heterocycles. The Morgan fingerprint density at radius 2 is 1.70 bits per heavy atom. The van der Waals surface area contributed by atoms with Crippen molar-refractivity contribution < 1.29 is 8.42 Å². The Bertz CT molecular complexity index is 484. The fraction of sp³-hybridized carbons (Fsp3) is 0.625. The predicted octanol–water partition coefficient (Wildman–Crippen LogP) is 3.33. The summed E-state index contributed by atoms with van der Waals surface area (Å²) in [6.45, 7) is 8.45. The standard InChI is InChI=1S/C16H27NO2S/c1-5-12-17-16(15-10-8-7-9-11-15)14(4)20(18,19)13(3)6-2/h7-11,13-14,16-17H,5-6,12H2,1-4H3. The first-order chi connectivity index (χ1) is 9.45. The second kappa shape index (κ2) is 7.79. The van der Waals surface area contributed by atoms with Crippen LogP contribution in [0.1, 0.15) is 52.1 Å². The Hall–Kier alpha value is -0.870. The SMILES string of the molecule is CCCNC(c1ccccc1)C(C)S(=O)(=O)C(C)CC. The third-order valence-electron chi connectivity index (χ3n) is 3.90. The van der Waals surface area contributed by atoms with Crippen molar-refractivity contribution in [1.82, 2.24) is 5.32 Å². The molecule has 0 aliphatic rings. The van der Waals surface area contributed by atoms with E-state index in [1.807, 2.05) is 44.2 Å². The van der Waals surface area contributed by atoms with Crippen LogP contribution in [0, 0.1) is 0 Å². The molecule has 3 atom stereocenters. The van der Waals surface area contributed by atoms with Gasteiger partial charge in [0.05, 0.1) is 10.5 Å². The van der Waals surface area contributed by atoms with E-state index in [9.17, 15) is 8.42 Å². The van der Waals surface area contributed by atoms with Gasteiger partial charge < -0.3 is 5.32 Å². The molecule has 1 N–H and O–H groups in total. The molecule has 0 amide bonds. The van der Waals surface area contributed by atoms with Gasteiger partial charge in [-0.1, -0.05) is 44.2 Å². The fourth-order valence-electron chi connectivity index (χ4n) is 2.30. The van der Waals surface area contributed by atoms with E-state index in [0.29, 0.717) is 6.42 Å². The zero-order valence-electron chi connectivity index (χ0n) is 13.0. The maximum absolute atomic E-state index is 12.6. The summed E-state index contributed by atoms with van der Waals surface area (Å²) >= 11 is 0. The normalized spacial score (nSPS) is 16.6. The summed E-state index contributed by atoms with van der Waals surface area (Å²) in [5.74, 6) is 0. The van der Waals surface area contributed by atoms with Crippen LogP contribution in [-0.4, -0.2) is 25.5 Å². The lowest BCUT2D eigenvalue weighted by molar-refractivity contribution is 0.492. The topological polar surface area (TPSA) is 46.2 Å². The first-order valence-electron chi connectivity index (χ1n) is 7.46. The minimum absolute atomic E-state index is 0.143. The van der Waals surface area contributed by atoms with Gasteiger partial charge in [-0.3, -0.25) is 0 Å². The molecule has 0 aromatic heterocycles. The van der Waals surface area contributed by atoms with Crippen LogP contribution in [0.2, 0.25) is 0 Å². The molecule has 0 heterocycles. The Morgan fingerprint density at radius 3 is 2.20 bits per heavy atom. The van der Waals surface area contributed by atoms with Crippen molar-refractivity contribution >= 4 is 9.84 Å². The van der Waals surface area contributed by atoms with Gasteiger partial charge in [0.25, 0.3) is 0 Å². The lowest BCUT2D eigenvalue weighted by Crippen LogP contribution is -2.39. The van der Waals surface area contributed by atoms with Crippen LogP contribution in [0.5, 0.6) is 0 Å². The van der Waals surface area contributed by atoms with E-state index in [-0.39, 0.29) is 11.3 Å². The van der Waals surface area contributed by atoms with Gasteiger partial charge >= 0.3 is 0 Å². The van der Waals surface area contributed by atoms with E-state index >= 15 is 0 Å². The second-order valence-corrected chi connectivity index (χ2v) is 8.08. The van der Waals surface area contributed by atoms with Crippen LogP contribution in [0.4, 0.5) is 0 Å². The van der Waals surface area contributed by atoms with E-state index in [0.717, 1.165) is 18.5 Å². The largest absolute Gasteiger partial charge is 0.309 e. The first-order valence-corrected chi connectivity index (χ1v) is 9.07. The van der Waals surface area contributed by atoms with E-state index in [1.165, 1.54) is 0 Å². The molecule has 3 unspecified atom stereocenters. The minimum atomic E-state index is -3.13. The number of hydrogen-bond donors (Lipinski definition) is 1. The molecule has 3 nitrogen and oxygen atoms in total. The molecule has 20 heavy (non-hydrogen) atoms. The van der Waals surface area contributed by atoms with Gasteiger partial charge in [-0.15, -0.1) is 0 Å². The molecule has 0 aliphatic carbocycles. The van der Waals surface area contributed by atoms with Gasteiger partial charge in [0, 0.05) is 6.04 Å². The quantitative estimate of drug-likeness (QED) is 0.800. The highest BCUT2D eigenvalue weighted by Gasteiger charge is 2.33. The molecule has 1 rings (SSSR count). The Kier molecular flexibility index (Phi) is 6.69. The van der Waals surface area contributed by atoms with Crippen LogP contribution < -0.4 is 5.32 Å². The van der Waals surface area contributed by atoms with Crippen molar-refractivity contribution in [1.29, 1.82) is 0 Å². The van der Waals surface area contributed by atoms with E-state index in [2.05, 4.69) is 12.2 Å².